The molecular formula is C16H22BrN3O. The van der Waals surface area contributed by atoms with Crippen molar-refractivity contribution in [2.24, 2.45) is 15.4 Å². The molecule has 5 heteroatoms. The first-order chi connectivity index (χ1) is 9.90. The molecule has 0 spiro atoms. The third-order valence-electron chi connectivity index (χ3n) is 3.35. The first-order valence-corrected chi connectivity index (χ1v) is 8.05. The Morgan fingerprint density at radius 1 is 1.48 bits per heavy atom. The van der Waals surface area contributed by atoms with Gasteiger partial charge in [0.2, 0.25) is 5.90 Å². The second-order valence-corrected chi connectivity index (χ2v) is 7.08. The van der Waals surface area contributed by atoms with Crippen LogP contribution in [0.25, 0.3) is 0 Å². The van der Waals surface area contributed by atoms with Gasteiger partial charge >= 0.3 is 0 Å². The van der Waals surface area contributed by atoms with Crippen LogP contribution in [0.2, 0.25) is 0 Å². The van der Waals surface area contributed by atoms with Gasteiger partial charge in [0.05, 0.1) is 11.7 Å². The number of aromatic nitrogens is 1. The van der Waals surface area contributed by atoms with E-state index < -0.39 is 0 Å². The van der Waals surface area contributed by atoms with E-state index in [1.807, 2.05) is 18.2 Å². The van der Waals surface area contributed by atoms with Crippen molar-refractivity contribution in [3.05, 3.63) is 28.5 Å². The molecular weight excluding hydrogens is 330 g/mol. The Labute approximate surface area is 134 Å². The molecule has 0 saturated carbocycles. The lowest BCUT2D eigenvalue weighted by Gasteiger charge is -2.26. The molecule has 0 amide bonds. The molecule has 1 aromatic heterocycles. The molecule has 0 unspecified atom stereocenters. The monoisotopic (exact) mass is 351 g/mol. The second kappa shape index (κ2) is 6.69. The van der Waals surface area contributed by atoms with Gasteiger partial charge in [-0.25, -0.2) is 9.98 Å². The molecule has 0 saturated heterocycles. The predicted molar refractivity (Wildman–Crippen MR) is 90.2 cm³/mol. The van der Waals surface area contributed by atoms with E-state index in [0.717, 1.165) is 22.6 Å². The van der Waals surface area contributed by atoms with Crippen LogP contribution in [-0.4, -0.2) is 35.8 Å². The van der Waals surface area contributed by atoms with E-state index in [4.69, 9.17) is 9.73 Å². The first kappa shape index (κ1) is 16.1. The summed E-state index contributed by atoms with van der Waals surface area (Å²) in [5.74, 6) is 0.751. The number of hydrogen-bond donors (Lipinski definition) is 0. The summed E-state index contributed by atoms with van der Waals surface area (Å²) in [5, 5.41) is 0. The van der Waals surface area contributed by atoms with Gasteiger partial charge in [-0.1, -0.05) is 33.8 Å². The number of halogens is 1. The third-order valence-corrected chi connectivity index (χ3v) is 3.79. The quantitative estimate of drug-likeness (QED) is 0.610. The topological polar surface area (TPSA) is 46.8 Å². The summed E-state index contributed by atoms with van der Waals surface area (Å²) in [7, 11) is 0. The highest BCUT2D eigenvalue weighted by Gasteiger charge is 2.33. The molecule has 4 nitrogen and oxygen atoms in total. The van der Waals surface area contributed by atoms with Gasteiger partial charge in [0.25, 0.3) is 0 Å². The van der Waals surface area contributed by atoms with E-state index >= 15 is 0 Å². The van der Waals surface area contributed by atoms with Gasteiger partial charge in [-0.05, 0) is 39.9 Å². The van der Waals surface area contributed by atoms with Crippen molar-refractivity contribution in [3.63, 3.8) is 0 Å². The summed E-state index contributed by atoms with van der Waals surface area (Å²) >= 11 is 3.37. The summed E-state index contributed by atoms with van der Waals surface area (Å²) in [5.41, 5.74) is 0.772. The number of rotatable bonds is 4. The minimum Gasteiger partial charge on any atom is -0.477 e. The van der Waals surface area contributed by atoms with Gasteiger partial charge in [0.1, 0.15) is 17.3 Å². The van der Waals surface area contributed by atoms with Gasteiger partial charge in [-0.15, -0.1) is 0 Å². The SMILES string of the molecule is CC[C@@H]1COC([C@@H](N=Cc2cccc(Br)n2)C(C)(C)C)=N1. The zero-order valence-corrected chi connectivity index (χ0v) is 14.6. The highest BCUT2D eigenvalue weighted by Crippen LogP contribution is 2.27. The summed E-state index contributed by atoms with van der Waals surface area (Å²) in [6.07, 6.45) is 2.79. The molecule has 0 fully saturated rings. The lowest BCUT2D eigenvalue weighted by molar-refractivity contribution is 0.275. The van der Waals surface area contributed by atoms with Crippen molar-refractivity contribution in [1.82, 2.24) is 4.98 Å². The van der Waals surface area contributed by atoms with E-state index in [0.29, 0.717) is 6.61 Å². The Morgan fingerprint density at radius 2 is 2.24 bits per heavy atom. The molecule has 2 rings (SSSR count). The maximum atomic E-state index is 5.76. The molecule has 1 aliphatic heterocycles. The van der Waals surface area contributed by atoms with Crippen LogP contribution >= 0.6 is 15.9 Å². The van der Waals surface area contributed by atoms with E-state index in [1.165, 1.54) is 0 Å². The van der Waals surface area contributed by atoms with Gasteiger partial charge in [-0.3, -0.25) is 4.99 Å². The number of aliphatic imine (C=N–C) groups is 2. The van der Waals surface area contributed by atoms with Crippen molar-refractivity contribution >= 4 is 28.0 Å². The lowest BCUT2D eigenvalue weighted by atomic mass is 9.87. The third kappa shape index (κ3) is 4.37. The normalized spacial score (nSPS) is 20.4. The Hall–Kier alpha value is -1.23. The Kier molecular flexibility index (Phi) is 5.14. The van der Waals surface area contributed by atoms with E-state index in [-0.39, 0.29) is 17.5 Å². The van der Waals surface area contributed by atoms with Crippen molar-refractivity contribution in [2.45, 2.75) is 46.2 Å². The zero-order valence-electron chi connectivity index (χ0n) is 13.0. The molecule has 0 N–H and O–H groups in total. The minimum atomic E-state index is -0.0881. The maximum Gasteiger partial charge on any atom is 0.209 e. The van der Waals surface area contributed by atoms with Crippen LogP contribution in [0.4, 0.5) is 0 Å². The molecule has 0 bridgehead atoms. The van der Waals surface area contributed by atoms with Gasteiger partial charge < -0.3 is 4.74 Å². The number of pyridine rings is 1. The largest absolute Gasteiger partial charge is 0.477 e. The van der Waals surface area contributed by atoms with Crippen LogP contribution in [0.5, 0.6) is 0 Å². The molecule has 21 heavy (non-hydrogen) atoms. The molecule has 1 aliphatic rings. The smallest absolute Gasteiger partial charge is 0.209 e. The van der Waals surface area contributed by atoms with Crippen molar-refractivity contribution in [2.75, 3.05) is 6.61 Å². The van der Waals surface area contributed by atoms with Crippen LogP contribution in [0, 0.1) is 5.41 Å². The number of ether oxygens (including phenoxy) is 1. The molecule has 2 atom stereocenters. The van der Waals surface area contributed by atoms with Crippen LogP contribution < -0.4 is 0 Å². The van der Waals surface area contributed by atoms with Gasteiger partial charge in [-0.2, -0.15) is 0 Å². The predicted octanol–water partition coefficient (Wildman–Crippen LogP) is 3.89. The molecule has 1 aromatic rings. The lowest BCUT2D eigenvalue weighted by Crippen LogP contribution is -2.33. The molecule has 0 radical (unpaired) electrons. The summed E-state index contributed by atoms with van der Waals surface area (Å²) in [6.45, 7) is 9.24. The average Bonchev–Trinajstić information content (AvgIpc) is 2.86. The fourth-order valence-corrected chi connectivity index (χ4v) is 2.46. The molecule has 0 aliphatic carbocycles. The Morgan fingerprint density at radius 3 is 2.81 bits per heavy atom. The maximum absolute atomic E-state index is 5.76. The highest BCUT2D eigenvalue weighted by molar-refractivity contribution is 9.10. The van der Waals surface area contributed by atoms with Crippen molar-refractivity contribution < 1.29 is 4.74 Å². The van der Waals surface area contributed by atoms with Gasteiger partial charge in [0, 0.05) is 6.21 Å². The van der Waals surface area contributed by atoms with Gasteiger partial charge in [0.15, 0.2) is 0 Å². The Bertz CT molecular complexity index is 549. The zero-order chi connectivity index (χ0) is 15.5. The molecule has 0 aromatic carbocycles. The fourth-order valence-electron chi connectivity index (χ4n) is 2.10. The van der Waals surface area contributed by atoms with Crippen LogP contribution in [0.1, 0.15) is 39.8 Å². The van der Waals surface area contributed by atoms with E-state index in [2.05, 4.69) is 53.6 Å². The fraction of sp³-hybridized carbons (Fsp3) is 0.562. The van der Waals surface area contributed by atoms with Crippen LogP contribution in [0.15, 0.2) is 32.8 Å². The molecule has 2 heterocycles. The van der Waals surface area contributed by atoms with Crippen molar-refractivity contribution in [3.8, 4) is 0 Å². The highest BCUT2D eigenvalue weighted by atomic mass is 79.9. The summed E-state index contributed by atoms with van der Waals surface area (Å²) in [6, 6.07) is 5.95. The average molecular weight is 352 g/mol. The molecule has 114 valence electrons. The van der Waals surface area contributed by atoms with E-state index in [9.17, 15) is 0 Å². The number of nitrogens with zero attached hydrogens (tertiary/aromatic N) is 3. The Balaban J connectivity index is 2.22. The minimum absolute atomic E-state index is 0.0516. The second-order valence-electron chi connectivity index (χ2n) is 6.27. The first-order valence-electron chi connectivity index (χ1n) is 7.26. The summed E-state index contributed by atoms with van der Waals surface area (Å²) < 4.78 is 6.57. The van der Waals surface area contributed by atoms with E-state index in [1.54, 1.807) is 6.21 Å². The number of hydrogen-bond acceptors (Lipinski definition) is 4. The van der Waals surface area contributed by atoms with Crippen molar-refractivity contribution in [1.29, 1.82) is 0 Å². The van der Waals surface area contributed by atoms with Crippen LogP contribution in [0.3, 0.4) is 0 Å². The summed E-state index contributed by atoms with van der Waals surface area (Å²) in [4.78, 5) is 13.7. The standard InChI is InChI=1S/C16H22BrN3O/c1-5-11-10-21-15(20-11)14(16(2,3)4)18-9-12-7-6-8-13(17)19-12/h6-9,11,14H,5,10H2,1-4H3/t11-,14-/m1/s1. The van der Waals surface area contributed by atoms with Crippen LogP contribution in [-0.2, 0) is 4.74 Å².